The van der Waals surface area contributed by atoms with Crippen LogP contribution >= 0.6 is 8.45 Å². The summed E-state index contributed by atoms with van der Waals surface area (Å²) in [7, 11) is 7.40. The van der Waals surface area contributed by atoms with Crippen molar-refractivity contribution in [1.29, 1.82) is 0 Å². The SMILES string of the molecule is CN(C)P(Oc1ccccc1)N(C)C. The van der Waals surface area contributed by atoms with Gasteiger partial charge in [-0.1, -0.05) is 18.2 Å². The highest BCUT2D eigenvalue weighted by atomic mass is 31.2. The van der Waals surface area contributed by atoms with Crippen LogP contribution in [0.25, 0.3) is 0 Å². The molecular weight excluding hydrogens is 195 g/mol. The quantitative estimate of drug-likeness (QED) is 0.713. The Hall–Kier alpha value is -0.630. The molecule has 0 amide bonds. The molecule has 0 spiro atoms. The predicted molar refractivity (Wildman–Crippen MR) is 61.4 cm³/mol. The van der Waals surface area contributed by atoms with Crippen LogP contribution in [0.5, 0.6) is 5.75 Å². The summed E-state index contributed by atoms with van der Waals surface area (Å²) in [4.78, 5) is 0. The van der Waals surface area contributed by atoms with Gasteiger partial charge in [0, 0.05) is 0 Å². The molecule has 0 aliphatic rings. The van der Waals surface area contributed by atoms with E-state index in [2.05, 4.69) is 9.34 Å². The first-order valence-electron chi connectivity index (χ1n) is 4.49. The van der Waals surface area contributed by atoms with Gasteiger partial charge in [0.1, 0.15) is 5.75 Å². The van der Waals surface area contributed by atoms with Crippen molar-refractivity contribution in [3.63, 3.8) is 0 Å². The van der Waals surface area contributed by atoms with Crippen LogP contribution in [0.1, 0.15) is 0 Å². The fourth-order valence-electron chi connectivity index (χ4n) is 1.10. The number of para-hydroxylation sites is 1. The zero-order valence-corrected chi connectivity index (χ0v) is 10.0. The molecule has 0 heterocycles. The maximum Gasteiger partial charge on any atom is 0.247 e. The average Bonchev–Trinajstić information content (AvgIpc) is 2.15. The van der Waals surface area contributed by atoms with Gasteiger partial charge in [0.2, 0.25) is 8.45 Å². The molecule has 0 radical (unpaired) electrons. The number of nitrogens with zero attached hydrogens (tertiary/aromatic N) is 2. The fourth-order valence-corrected chi connectivity index (χ4v) is 2.45. The second-order valence-corrected chi connectivity index (χ2v) is 5.64. The molecule has 0 N–H and O–H groups in total. The van der Waals surface area contributed by atoms with Crippen molar-refractivity contribution in [2.24, 2.45) is 0 Å². The van der Waals surface area contributed by atoms with Gasteiger partial charge in [-0.25, -0.2) is 9.34 Å². The van der Waals surface area contributed by atoms with Crippen molar-refractivity contribution in [3.05, 3.63) is 30.3 Å². The smallest absolute Gasteiger partial charge is 0.247 e. The minimum Gasteiger partial charge on any atom is -0.444 e. The molecule has 0 bridgehead atoms. The lowest BCUT2D eigenvalue weighted by atomic mass is 10.3. The van der Waals surface area contributed by atoms with Crippen molar-refractivity contribution >= 4 is 8.45 Å². The third kappa shape index (κ3) is 3.26. The third-order valence-electron chi connectivity index (χ3n) is 1.61. The minimum absolute atomic E-state index is 0.688. The lowest BCUT2D eigenvalue weighted by molar-refractivity contribution is 0.453. The van der Waals surface area contributed by atoms with Crippen molar-refractivity contribution in [2.75, 3.05) is 28.2 Å². The van der Waals surface area contributed by atoms with Gasteiger partial charge in [-0.05, 0) is 40.3 Å². The lowest BCUT2D eigenvalue weighted by Gasteiger charge is -2.28. The monoisotopic (exact) mass is 212 g/mol. The number of benzene rings is 1. The molecule has 14 heavy (non-hydrogen) atoms. The Kier molecular flexibility index (Phi) is 4.33. The van der Waals surface area contributed by atoms with E-state index < -0.39 is 8.45 Å². The van der Waals surface area contributed by atoms with Crippen LogP contribution in [0.3, 0.4) is 0 Å². The summed E-state index contributed by atoms with van der Waals surface area (Å²) in [6.45, 7) is 0. The first kappa shape index (κ1) is 11.4. The van der Waals surface area contributed by atoms with E-state index in [4.69, 9.17) is 4.52 Å². The summed E-state index contributed by atoms with van der Waals surface area (Å²) in [5.41, 5.74) is 0. The van der Waals surface area contributed by atoms with Gasteiger partial charge >= 0.3 is 0 Å². The number of rotatable bonds is 4. The van der Waals surface area contributed by atoms with Gasteiger partial charge in [-0.15, -0.1) is 0 Å². The van der Waals surface area contributed by atoms with Crippen LogP contribution < -0.4 is 4.52 Å². The summed E-state index contributed by atoms with van der Waals surface area (Å²) in [5, 5.41) is 0. The highest BCUT2D eigenvalue weighted by molar-refractivity contribution is 7.47. The maximum absolute atomic E-state index is 5.85. The van der Waals surface area contributed by atoms with Gasteiger partial charge in [-0.3, -0.25) is 0 Å². The van der Waals surface area contributed by atoms with E-state index in [0.29, 0.717) is 0 Å². The molecule has 3 nitrogen and oxygen atoms in total. The maximum atomic E-state index is 5.85. The molecule has 1 aromatic carbocycles. The van der Waals surface area contributed by atoms with Crippen LogP contribution in [-0.2, 0) is 0 Å². The Morgan fingerprint density at radius 2 is 1.43 bits per heavy atom. The van der Waals surface area contributed by atoms with E-state index >= 15 is 0 Å². The Bertz CT molecular complexity index is 256. The first-order chi connectivity index (χ1) is 6.61. The van der Waals surface area contributed by atoms with Crippen LogP contribution in [0, 0.1) is 0 Å². The molecular formula is C10H17N2OP. The molecule has 0 saturated heterocycles. The van der Waals surface area contributed by atoms with Crippen LogP contribution in [0.2, 0.25) is 0 Å². The molecule has 0 unspecified atom stereocenters. The summed E-state index contributed by atoms with van der Waals surface area (Å²) in [6.07, 6.45) is 0. The molecule has 0 aromatic heterocycles. The highest BCUT2D eigenvalue weighted by Crippen LogP contribution is 2.41. The normalized spacial score (nSPS) is 11.4. The molecule has 0 saturated carbocycles. The second kappa shape index (κ2) is 5.30. The Labute approximate surface area is 87.2 Å². The Balaban J connectivity index is 2.65. The topological polar surface area (TPSA) is 15.7 Å². The Morgan fingerprint density at radius 3 is 1.86 bits per heavy atom. The van der Waals surface area contributed by atoms with E-state index in [1.54, 1.807) is 0 Å². The molecule has 0 aliphatic heterocycles. The average molecular weight is 212 g/mol. The molecule has 0 fully saturated rings. The zero-order valence-electron chi connectivity index (χ0n) is 9.14. The largest absolute Gasteiger partial charge is 0.444 e. The fraction of sp³-hybridized carbons (Fsp3) is 0.400. The van der Waals surface area contributed by atoms with Crippen LogP contribution in [0.15, 0.2) is 30.3 Å². The molecule has 78 valence electrons. The van der Waals surface area contributed by atoms with E-state index in [1.165, 1.54) is 0 Å². The predicted octanol–water partition coefficient (Wildman–Crippen LogP) is 2.42. The van der Waals surface area contributed by atoms with Gasteiger partial charge in [0.05, 0.1) is 0 Å². The van der Waals surface area contributed by atoms with Crippen molar-refractivity contribution in [1.82, 2.24) is 9.34 Å². The van der Waals surface area contributed by atoms with Gasteiger partial charge < -0.3 is 4.52 Å². The van der Waals surface area contributed by atoms with E-state index in [1.807, 2.05) is 58.5 Å². The minimum atomic E-state index is -0.688. The van der Waals surface area contributed by atoms with Gasteiger partial charge in [0.15, 0.2) is 0 Å². The zero-order chi connectivity index (χ0) is 10.6. The highest BCUT2D eigenvalue weighted by Gasteiger charge is 2.16. The molecule has 4 heteroatoms. The summed E-state index contributed by atoms with van der Waals surface area (Å²) in [6, 6.07) is 9.90. The van der Waals surface area contributed by atoms with Crippen LogP contribution in [-0.4, -0.2) is 37.5 Å². The summed E-state index contributed by atoms with van der Waals surface area (Å²) < 4.78 is 10.0. The van der Waals surface area contributed by atoms with Crippen LogP contribution in [0.4, 0.5) is 0 Å². The Morgan fingerprint density at radius 1 is 0.929 bits per heavy atom. The van der Waals surface area contributed by atoms with Crippen molar-refractivity contribution in [2.45, 2.75) is 0 Å². The number of hydrogen-bond acceptors (Lipinski definition) is 3. The van der Waals surface area contributed by atoms with E-state index in [-0.39, 0.29) is 0 Å². The standard InChI is InChI=1S/C10H17N2OP/c1-11(2)14(12(3)4)13-10-8-6-5-7-9-10/h5-9H,1-4H3. The van der Waals surface area contributed by atoms with Gasteiger partial charge in [-0.2, -0.15) is 0 Å². The summed E-state index contributed by atoms with van der Waals surface area (Å²) >= 11 is 0. The second-order valence-electron chi connectivity index (χ2n) is 3.35. The van der Waals surface area contributed by atoms with E-state index in [0.717, 1.165) is 5.75 Å². The van der Waals surface area contributed by atoms with Crippen molar-refractivity contribution in [3.8, 4) is 5.75 Å². The molecule has 1 rings (SSSR count). The van der Waals surface area contributed by atoms with Crippen molar-refractivity contribution < 1.29 is 4.52 Å². The summed E-state index contributed by atoms with van der Waals surface area (Å²) in [5.74, 6) is 0.918. The lowest BCUT2D eigenvalue weighted by Crippen LogP contribution is -2.20. The molecule has 1 aromatic rings. The first-order valence-corrected chi connectivity index (χ1v) is 5.65. The van der Waals surface area contributed by atoms with Gasteiger partial charge in [0.25, 0.3) is 0 Å². The molecule has 0 atom stereocenters. The molecule has 0 aliphatic carbocycles. The number of hydrogen-bond donors (Lipinski definition) is 0. The third-order valence-corrected chi connectivity index (χ3v) is 3.36. The van der Waals surface area contributed by atoms with E-state index in [9.17, 15) is 0 Å².